The van der Waals surface area contributed by atoms with Gasteiger partial charge < -0.3 is 4.98 Å². The Morgan fingerprint density at radius 1 is 1.15 bits per heavy atom. The summed E-state index contributed by atoms with van der Waals surface area (Å²) in [7, 11) is 0. The van der Waals surface area contributed by atoms with Crippen LogP contribution in [0.4, 0.5) is 4.39 Å². The van der Waals surface area contributed by atoms with E-state index in [1.165, 1.54) is 17.2 Å². The number of hydrogen-bond acceptors (Lipinski definition) is 4. The topological polar surface area (TPSA) is 57.7 Å². The molecule has 27 heavy (non-hydrogen) atoms. The smallest absolute Gasteiger partial charge is 0.159 e. The molecule has 134 valence electrons. The number of H-pyrrole nitrogens is 1. The number of pyridine rings is 1. The predicted molar refractivity (Wildman–Crippen MR) is 101 cm³/mol. The minimum atomic E-state index is -0.218. The monoisotopic (exact) mass is 359 g/mol. The van der Waals surface area contributed by atoms with Crippen molar-refractivity contribution in [3.63, 3.8) is 0 Å². The van der Waals surface area contributed by atoms with Gasteiger partial charge in [0.2, 0.25) is 0 Å². The average Bonchev–Trinajstić information content (AvgIpc) is 3.10. The van der Waals surface area contributed by atoms with Gasteiger partial charge in [-0.3, -0.25) is 9.88 Å². The van der Waals surface area contributed by atoms with Crippen LogP contribution in [-0.2, 0) is 19.5 Å². The van der Waals surface area contributed by atoms with E-state index in [0.29, 0.717) is 0 Å². The molecule has 4 heterocycles. The fourth-order valence-corrected chi connectivity index (χ4v) is 3.68. The molecule has 3 aromatic heterocycles. The normalized spacial score (nSPS) is 14.4. The van der Waals surface area contributed by atoms with Gasteiger partial charge in [-0.1, -0.05) is 0 Å². The summed E-state index contributed by atoms with van der Waals surface area (Å²) in [5.41, 5.74) is 5.30. The molecule has 0 spiro atoms. The predicted octanol–water partition coefficient (Wildman–Crippen LogP) is 3.72. The van der Waals surface area contributed by atoms with E-state index in [1.807, 2.05) is 30.6 Å². The molecule has 0 saturated carbocycles. The van der Waals surface area contributed by atoms with Gasteiger partial charge in [-0.05, 0) is 35.9 Å². The van der Waals surface area contributed by atoms with Crippen molar-refractivity contribution >= 4 is 10.9 Å². The minimum absolute atomic E-state index is 0.218. The molecular formula is C21H18FN5. The van der Waals surface area contributed by atoms with Crippen LogP contribution in [-0.4, -0.2) is 31.4 Å². The summed E-state index contributed by atoms with van der Waals surface area (Å²) in [5, 5.41) is 1.08. The summed E-state index contributed by atoms with van der Waals surface area (Å²) in [4.78, 5) is 18.9. The zero-order chi connectivity index (χ0) is 18.2. The second kappa shape index (κ2) is 6.55. The van der Waals surface area contributed by atoms with E-state index >= 15 is 0 Å². The van der Waals surface area contributed by atoms with E-state index in [9.17, 15) is 4.39 Å². The van der Waals surface area contributed by atoms with Gasteiger partial charge in [0.15, 0.2) is 5.82 Å². The van der Waals surface area contributed by atoms with E-state index in [4.69, 9.17) is 4.98 Å². The maximum atomic E-state index is 13.4. The Labute approximate surface area is 155 Å². The molecule has 6 heteroatoms. The Balaban J connectivity index is 1.36. The average molecular weight is 359 g/mol. The number of nitrogens with one attached hydrogen (secondary N) is 1. The Morgan fingerprint density at radius 2 is 2.04 bits per heavy atom. The lowest BCUT2D eigenvalue weighted by Crippen LogP contribution is -2.30. The van der Waals surface area contributed by atoms with Gasteiger partial charge in [-0.15, -0.1) is 0 Å². The third kappa shape index (κ3) is 3.08. The van der Waals surface area contributed by atoms with Crippen molar-refractivity contribution < 1.29 is 4.39 Å². The van der Waals surface area contributed by atoms with E-state index in [-0.39, 0.29) is 5.82 Å². The molecule has 5 rings (SSSR count). The zero-order valence-electron chi connectivity index (χ0n) is 14.7. The molecular weight excluding hydrogens is 341 g/mol. The van der Waals surface area contributed by atoms with Crippen LogP contribution in [0.2, 0.25) is 0 Å². The Bertz CT molecular complexity index is 1110. The quantitative estimate of drug-likeness (QED) is 0.606. The summed E-state index contributed by atoms with van der Waals surface area (Å²) in [6, 6.07) is 8.75. The number of aromatic amines is 1. The van der Waals surface area contributed by atoms with Crippen LogP contribution in [0.5, 0.6) is 0 Å². The highest BCUT2D eigenvalue weighted by Crippen LogP contribution is 2.25. The van der Waals surface area contributed by atoms with Gasteiger partial charge in [0.05, 0.1) is 5.69 Å². The lowest BCUT2D eigenvalue weighted by atomic mass is 10.1. The molecule has 4 aromatic rings. The number of aromatic nitrogens is 4. The molecule has 0 aliphatic carbocycles. The second-order valence-corrected chi connectivity index (χ2v) is 6.87. The number of nitrogens with zero attached hydrogens (tertiary/aromatic N) is 4. The number of halogens is 1. The van der Waals surface area contributed by atoms with Gasteiger partial charge in [-0.25, -0.2) is 14.4 Å². The van der Waals surface area contributed by atoms with Gasteiger partial charge >= 0.3 is 0 Å². The molecule has 0 bridgehead atoms. The van der Waals surface area contributed by atoms with E-state index in [2.05, 4.69) is 19.9 Å². The highest BCUT2D eigenvalue weighted by atomic mass is 19.1. The molecule has 0 unspecified atom stereocenters. The molecule has 1 aromatic carbocycles. The first-order valence-corrected chi connectivity index (χ1v) is 8.99. The van der Waals surface area contributed by atoms with Crippen LogP contribution in [0, 0.1) is 5.82 Å². The zero-order valence-corrected chi connectivity index (χ0v) is 14.7. The second-order valence-electron chi connectivity index (χ2n) is 6.87. The summed E-state index contributed by atoms with van der Waals surface area (Å²) < 4.78 is 13.4. The Kier molecular flexibility index (Phi) is 3.90. The first kappa shape index (κ1) is 16.1. The van der Waals surface area contributed by atoms with Crippen LogP contribution in [0.3, 0.4) is 0 Å². The SMILES string of the molecule is Fc1ccc2c(CN3CCc4nc(-c5ccncc5)ncc4C3)c[nH]c2c1. The van der Waals surface area contributed by atoms with Crippen LogP contribution >= 0.6 is 0 Å². The van der Waals surface area contributed by atoms with E-state index < -0.39 is 0 Å². The van der Waals surface area contributed by atoms with Crippen molar-refractivity contribution in [2.24, 2.45) is 0 Å². The number of fused-ring (bicyclic) bond motifs is 2. The van der Waals surface area contributed by atoms with Crippen LogP contribution < -0.4 is 0 Å². The van der Waals surface area contributed by atoms with Gasteiger partial charge in [-0.2, -0.15) is 0 Å². The molecule has 0 amide bonds. The van der Waals surface area contributed by atoms with Crippen molar-refractivity contribution in [2.75, 3.05) is 6.54 Å². The molecule has 5 nitrogen and oxygen atoms in total. The van der Waals surface area contributed by atoms with E-state index in [0.717, 1.165) is 54.0 Å². The fourth-order valence-electron chi connectivity index (χ4n) is 3.68. The standard InChI is InChI=1S/C21H18FN5/c22-17-1-2-18-15(10-24-20(18)9-17)12-27-8-5-19-16(13-27)11-25-21(26-19)14-3-6-23-7-4-14/h1-4,6-7,9-11,24H,5,8,12-13H2. The molecule has 1 N–H and O–H groups in total. The van der Waals surface area contributed by atoms with Crippen molar-refractivity contribution in [1.82, 2.24) is 24.8 Å². The van der Waals surface area contributed by atoms with Crippen LogP contribution in [0.15, 0.2) is 55.1 Å². The summed E-state index contributed by atoms with van der Waals surface area (Å²) >= 11 is 0. The van der Waals surface area contributed by atoms with Crippen LogP contribution in [0.1, 0.15) is 16.8 Å². The Morgan fingerprint density at radius 3 is 2.93 bits per heavy atom. The van der Waals surface area contributed by atoms with Crippen molar-refractivity contribution in [3.8, 4) is 11.4 Å². The molecule has 1 aliphatic heterocycles. The van der Waals surface area contributed by atoms with Crippen molar-refractivity contribution in [1.29, 1.82) is 0 Å². The largest absolute Gasteiger partial charge is 0.361 e. The first-order chi connectivity index (χ1) is 13.3. The first-order valence-electron chi connectivity index (χ1n) is 8.99. The minimum Gasteiger partial charge on any atom is -0.361 e. The number of hydrogen-bond donors (Lipinski definition) is 1. The number of benzene rings is 1. The van der Waals surface area contributed by atoms with Gasteiger partial charge in [0.1, 0.15) is 5.82 Å². The third-order valence-electron chi connectivity index (χ3n) is 5.07. The summed E-state index contributed by atoms with van der Waals surface area (Å²) in [5.74, 6) is 0.535. The molecule has 0 fully saturated rings. The lowest BCUT2D eigenvalue weighted by molar-refractivity contribution is 0.244. The molecule has 0 atom stereocenters. The van der Waals surface area contributed by atoms with Crippen molar-refractivity contribution in [3.05, 3.63) is 77.8 Å². The van der Waals surface area contributed by atoms with E-state index in [1.54, 1.807) is 18.5 Å². The highest BCUT2D eigenvalue weighted by molar-refractivity contribution is 5.83. The summed E-state index contributed by atoms with van der Waals surface area (Å²) in [6.07, 6.45) is 8.32. The van der Waals surface area contributed by atoms with Gasteiger partial charge in [0, 0.05) is 72.9 Å². The maximum absolute atomic E-state index is 13.4. The Hall–Kier alpha value is -3.12. The highest BCUT2D eigenvalue weighted by Gasteiger charge is 2.20. The maximum Gasteiger partial charge on any atom is 0.159 e. The number of rotatable bonds is 3. The van der Waals surface area contributed by atoms with Gasteiger partial charge in [0.25, 0.3) is 0 Å². The fraction of sp³-hybridized carbons (Fsp3) is 0.190. The molecule has 0 radical (unpaired) electrons. The van der Waals surface area contributed by atoms with Crippen molar-refractivity contribution in [2.45, 2.75) is 19.5 Å². The molecule has 0 saturated heterocycles. The lowest BCUT2D eigenvalue weighted by Gasteiger charge is -2.27. The summed E-state index contributed by atoms with van der Waals surface area (Å²) in [6.45, 7) is 2.57. The van der Waals surface area contributed by atoms with Crippen LogP contribution in [0.25, 0.3) is 22.3 Å². The third-order valence-corrected chi connectivity index (χ3v) is 5.07. The molecule has 1 aliphatic rings.